The Labute approximate surface area is 128 Å². The van der Waals surface area contributed by atoms with Gasteiger partial charge in [0.05, 0.1) is 6.21 Å². The van der Waals surface area contributed by atoms with Crippen molar-refractivity contribution >= 4 is 23.7 Å². The van der Waals surface area contributed by atoms with Crippen LogP contribution < -0.4 is 10.7 Å². The molecule has 0 unspecified atom stereocenters. The summed E-state index contributed by atoms with van der Waals surface area (Å²) in [7, 11) is 0. The van der Waals surface area contributed by atoms with Crippen molar-refractivity contribution in [2.75, 3.05) is 5.32 Å². The van der Waals surface area contributed by atoms with Crippen LogP contribution in [0.15, 0.2) is 53.9 Å². The second kappa shape index (κ2) is 7.68. The minimum Gasteiger partial charge on any atom is -0.326 e. The second-order valence-electron chi connectivity index (χ2n) is 4.46. The van der Waals surface area contributed by atoms with Gasteiger partial charge in [0, 0.05) is 30.1 Å². The number of carbonyl (C=O) groups excluding carboxylic acids is 2. The van der Waals surface area contributed by atoms with Crippen LogP contribution in [0.2, 0.25) is 0 Å². The third kappa shape index (κ3) is 4.52. The highest BCUT2D eigenvalue weighted by atomic mass is 16.2. The molecule has 6 heteroatoms. The number of hydrogen-bond donors (Lipinski definition) is 2. The molecular weight excluding hydrogens is 280 g/mol. The van der Waals surface area contributed by atoms with Gasteiger partial charge in [-0.25, -0.2) is 5.43 Å². The summed E-state index contributed by atoms with van der Waals surface area (Å²) in [5, 5.41) is 6.59. The summed E-state index contributed by atoms with van der Waals surface area (Å²) in [6.07, 6.45) is 5.20. The molecule has 2 N–H and O–H groups in total. The fourth-order valence-corrected chi connectivity index (χ4v) is 1.67. The van der Waals surface area contributed by atoms with E-state index < -0.39 is 0 Å². The fraction of sp³-hybridized carbons (Fsp3) is 0.125. The van der Waals surface area contributed by atoms with Gasteiger partial charge in [-0.15, -0.1) is 0 Å². The molecule has 22 heavy (non-hydrogen) atoms. The highest BCUT2D eigenvalue weighted by molar-refractivity contribution is 5.97. The summed E-state index contributed by atoms with van der Waals surface area (Å²) >= 11 is 0. The van der Waals surface area contributed by atoms with Crippen molar-refractivity contribution in [2.24, 2.45) is 5.10 Å². The van der Waals surface area contributed by atoms with E-state index in [1.807, 2.05) is 0 Å². The van der Waals surface area contributed by atoms with Crippen LogP contribution in [-0.2, 0) is 4.79 Å². The van der Waals surface area contributed by atoms with E-state index >= 15 is 0 Å². The Morgan fingerprint density at radius 1 is 1.23 bits per heavy atom. The molecule has 0 aliphatic carbocycles. The van der Waals surface area contributed by atoms with Crippen molar-refractivity contribution < 1.29 is 9.59 Å². The number of amides is 2. The van der Waals surface area contributed by atoms with Crippen molar-refractivity contribution in [2.45, 2.75) is 13.3 Å². The van der Waals surface area contributed by atoms with E-state index in [1.165, 1.54) is 6.21 Å². The standard InChI is InChI=1S/C16H16N4O2/c1-2-15(21)19-14-5-3-4-13(10-14)16(22)20-18-11-12-6-8-17-9-7-12/h3-11H,2H2,1H3,(H,19,21)(H,20,22)/b18-11+. The van der Waals surface area contributed by atoms with Crippen LogP contribution >= 0.6 is 0 Å². The van der Waals surface area contributed by atoms with E-state index in [-0.39, 0.29) is 11.8 Å². The number of anilines is 1. The van der Waals surface area contributed by atoms with Gasteiger partial charge in [-0.05, 0) is 35.9 Å². The van der Waals surface area contributed by atoms with Crippen LogP contribution in [0.1, 0.15) is 29.3 Å². The van der Waals surface area contributed by atoms with E-state index in [0.717, 1.165) is 5.56 Å². The molecule has 2 amide bonds. The third-order valence-corrected chi connectivity index (χ3v) is 2.82. The topological polar surface area (TPSA) is 83.5 Å². The Kier molecular flexibility index (Phi) is 5.37. The van der Waals surface area contributed by atoms with Gasteiger partial charge < -0.3 is 5.32 Å². The number of benzene rings is 1. The molecule has 0 bridgehead atoms. The molecule has 0 spiro atoms. The van der Waals surface area contributed by atoms with Crippen molar-refractivity contribution in [1.82, 2.24) is 10.4 Å². The summed E-state index contributed by atoms with van der Waals surface area (Å²) < 4.78 is 0. The molecule has 0 aliphatic rings. The number of carbonyl (C=O) groups is 2. The molecule has 0 saturated carbocycles. The van der Waals surface area contributed by atoms with Crippen LogP contribution in [0.3, 0.4) is 0 Å². The van der Waals surface area contributed by atoms with E-state index in [2.05, 4.69) is 20.8 Å². The maximum atomic E-state index is 12.0. The molecule has 1 heterocycles. The lowest BCUT2D eigenvalue weighted by molar-refractivity contribution is -0.115. The summed E-state index contributed by atoms with van der Waals surface area (Å²) in [6.45, 7) is 1.76. The summed E-state index contributed by atoms with van der Waals surface area (Å²) in [5.74, 6) is -0.453. The first kappa shape index (κ1) is 15.4. The summed E-state index contributed by atoms with van der Waals surface area (Å²) in [6, 6.07) is 10.2. The van der Waals surface area contributed by atoms with Crippen LogP contribution in [0.5, 0.6) is 0 Å². The van der Waals surface area contributed by atoms with E-state index in [9.17, 15) is 9.59 Å². The predicted molar refractivity (Wildman–Crippen MR) is 84.7 cm³/mol. The van der Waals surface area contributed by atoms with Crippen molar-refractivity contribution in [3.8, 4) is 0 Å². The zero-order valence-corrected chi connectivity index (χ0v) is 12.1. The Morgan fingerprint density at radius 3 is 2.73 bits per heavy atom. The molecule has 0 saturated heterocycles. The number of pyridine rings is 1. The predicted octanol–water partition coefficient (Wildman–Crippen LogP) is 2.19. The van der Waals surface area contributed by atoms with E-state index in [4.69, 9.17) is 0 Å². The molecule has 0 radical (unpaired) electrons. The molecule has 1 aromatic heterocycles. The Balaban J connectivity index is 1.99. The molecule has 0 atom stereocenters. The number of nitrogens with one attached hydrogen (secondary N) is 2. The number of hydrogen-bond acceptors (Lipinski definition) is 4. The average molecular weight is 296 g/mol. The smallest absolute Gasteiger partial charge is 0.271 e. The van der Waals surface area contributed by atoms with Gasteiger partial charge in [-0.1, -0.05) is 13.0 Å². The third-order valence-electron chi connectivity index (χ3n) is 2.82. The molecule has 0 fully saturated rings. The molecule has 2 rings (SSSR count). The SMILES string of the molecule is CCC(=O)Nc1cccc(C(=O)N/N=C/c2ccncc2)c1. The molecule has 0 aliphatic heterocycles. The normalized spacial score (nSPS) is 10.4. The van der Waals surface area contributed by atoms with Gasteiger partial charge in [0.2, 0.25) is 5.91 Å². The second-order valence-corrected chi connectivity index (χ2v) is 4.46. The van der Waals surface area contributed by atoms with Gasteiger partial charge in [0.25, 0.3) is 5.91 Å². The van der Waals surface area contributed by atoms with Crippen LogP contribution in [0, 0.1) is 0 Å². The Bertz CT molecular complexity index is 684. The lowest BCUT2D eigenvalue weighted by Crippen LogP contribution is -2.18. The van der Waals surface area contributed by atoms with Gasteiger partial charge in [0.15, 0.2) is 0 Å². The highest BCUT2D eigenvalue weighted by Gasteiger charge is 2.06. The minimum atomic E-state index is -0.349. The first-order chi connectivity index (χ1) is 10.7. The first-order valence-electron chi connectivity index (χ1n) is 6.82. The van der Waals surface area contributed by atoms with Crippen LogP contribution in [0.25, 0.3) is 0 Å². The van der Waals surface area contributed by atoms with E-state index in [0.29, 0.717) is 17.7 Å². The lowest BCUT2D eigenvalue weighted by Gasteiger charge is -2.05. The quantitative estimate of drug-likeness (QED) is 0.655. The summed E-state index contributed by atoms with van der Waals surface area (Å²) in [5.41, 5.74) is 4.27. The van der Waals surface area contributed by atoms with E-state index in [1.54, 1.807) is 55.7 Å². The van der Waals surface area contributed by atoms with Crippen molar-refractivity contribution in [3.05, 3.63) is 59.9 Å². The zero-order valence-electron chi connectivity index (χ0n) is 12.1. The van der Waals surface area contributed by atoms with Gasteiger partial charge in [-0.3, -0.25) is 14.6 Å². The van der Waals surface area contributed by atoms with Crippen molar-refractivity contribution in [3.63, 3.8) is 0 Å². The van der Waals surface area contributed by atoms with Gasteiger partial charge in [0.1, 0.15) is 0 Å². The number of rotatable bonds is 5. The average Bonchev–Trinajstić information content (AvgIpc) is 2.56. The van der Waals surface area contributed by atoms with Crippen LogP contribution in [0.4, 0.5) is 5.69 Å². The number of aromatic nitrogens is 1. The maximum absolute atomic E-state index is 12.0. The zero-order chi connectivity index (χ0) is 15.8. The lowest BCUT2D eigenvalue weighted by atomic mass is 10.2. The fourth-order valence-electron chi connectivity index (χ4n) is 1.67. The Hall–Kier alpha value is -3.02. The monoisotopic (exact) mass is 296 g/mol. The molecule has 1 aromatic carbocycles. The van der Waals surface area contributed by atoms with Crippen LogP contribution in [-0.4, -0.2) is 23.0 Å². The minimum absolute atomic E-state index is 0.103. The van der Waals surface area contributed by atoms with Gasteiger partial charge in [-0.2, -0.15) is 5.10 Å². The molecule has 6 nitrogen and oxygen atoms in total. The molecule has 112 valence electrons. The largest absolute Gasteiger partial charge is 0.326 e. The molecule has 2 aromatic rings. The highest BCUT2D eigenvalue weighted by Crippen LogP contribution is 2.11. The Morgan fingerprint density at radius 2 is 2.00 bits per heavy atom. The maximum Gasteiger partial charge on any atom is 0.271 e. The van der Waals surface area contributed by atoms with Crippen molar-refractivity contribution in [1.29, 1.82) is 0 Å². The molecular formula is C16H16N4O2. The first-order valence-corrected chi connectivity index (χ1v) is 6.82. The number of nitrogens with zero attached hydrogens (tertiary/aromatic N) is 2. The number of hydrazone groups is 1. The summed E-state index contributed by atoms with van der Waals surface area (Å²) in [4.78, 5) is 27.2. The van der Waals surface area contributed by atoms with Gasteiger partial charge >= 0.3 is 0 Å².